The number of nitrogen functional groups attached to an aromatic ring is 1. The van der Waals surface area contributed by atoms with Crippen molar-refractivity contribution in [3.63, 3.8) is 0 Å². The Morgan fingerprint density at radius 1 is 1.24 bits per heavy atom. The van der Waals surface area contributed by atoms with Gasteiger partial charge < -0.3 is 5.73 Å². The van der Waals surface area contributed by atoms with Crippen molar-refractivity contribution in [3.8, 4) is 0 Å². The minimum atomic E-state index is -0.619. The van der Waals surface area contributed by atoms with Crippen LogP contribution in [0.15, 0.2) is 9.59 Å². The SMILES string of the molecule is CCCCC(=O)c1c(N)n(C)c(=O)n(C)c1=O. The van der Waals surface area contributed by atoms with Crippen molar-refractivity contribution in [1.82, 2.24) is 9.13 Å². The summed E-state index contributed by atoms with van der Waals surface area (Å²) in [5, 5.41) is 0. The molecule has 6 heteroatoms. The van der Waals surface area contributed by atoms with Gasteiger partial charge in [0.1, 0.15) is 11.4 Å². The van der Waals surface area contributed by atoms with E-state index in [1.54, 1.807) is 0 Å². The summed E-state index contributed by atoms with van der Waals surface area (Å²) in [5.74, 6) is -0.361. The molecule has 1 aromatic rings. The highest BCUT2D eigenvalue weighted by Gasteiger charge is 2.19. The molecule has 0 saturated carbocycles. The molecule has 0 saturated heterocycles. The second-order valence-electron chi connectivity index (χ2n) is 3.99. The van der Waals surface area contributed by atoms with E-state index in [-0.39, 0.29) is 23.6 Å². The Morgan fingerprint density at radius 3 is 2.35 bits per heavy atom. The molecule has 0 aromatic carbocycles. The molecule has 0 unspecified atom stereocenters. The van der Waals surface area contributed by atoms with E-state index in [9.17, 15) is 14.4 Å². The number of hydrogen-bond donors (Lipinski definition) is 1. The molecular formula is C11H17N3O3. The number of ketones is 1. The maximum Gasteiger partial charge on any atom is 0.332 e. The second-order valence-corrected chi connectivity index (χ2v) is 3.99. The summed E-state index contributed by atoms with van der Waals surface area (Å²) in [7, 11) is 2.77. The predicted octanol–water partition coefficient (Wildman–Crippen LogP) is 0.0391. The van der Waals surface area contributed by atoms with Crippen LogP contribution < -0.4 is 17.0 Å². The van der Waals surface area contributed by atoms with Crippen LogP contribution in [0.25, 0.3) is 0 Å². The zero-order chi connectivity index (χ0) is 13.2. The first-order chi connectivity index (χ1) is 7.91. The third kappa shape index (κ3) is 2.30. The molecule has 94 valence electrons. The van der Waals surface area contributed by atoms with Gasteiger partial charge in [0, 0.05) is 20.5 Å². The maximum atomic E-state index is 11.9. The smallest absolute Gasteiger partial charge is 0.332 e. The first-order valence-corrected chi connectivity index (χ1v) is 5.50. The van der Waals surface area contributed by atoms with Gasteiger partial charge in [0.15, 0.2) is 5.78 Å². The number of carbonyl (C=O) groups is 1. The van der Waals surface area contributed by atoms with Crippen LogP contribution in [-0.4, -0.2) is 14.9 Å². The van der Waals surface area contributed by atoms with Crippen LogP contribution in [0.4, 0.5) is 5.82 Å². The highest BCUT2D eigenvalue weighted by molar-refractivity contribution is 5.99. The van der Waals surface area contributed by atoms with E-state index in [2.05, 4.69) is 0 Å². The van der Waals surface area contributed by atoms with Crippen molar-refractivity contribution in [2.45, 2.75) is 26.2 Å². The Balaban J connectivity index is 3.40. The highest BCUT2D eigenvalue weighted by atomic mass is 16.2. The van der Waals surface area contributed by atoms with Crippen molar-refractivity contribution < 1.29 is 4.79 Å². The number of nitrogens with two attached hydrogens (primary N) is 1. The largest absolute Gasteiger partial charge is 0.384 e. The first kappa shape index (κ1) is 13.2. The average molecular weight is 239 g/mol. The Kier molecular flexibility index (Phi) is 3.88. The molecular weight excluding hydrogens is 222 g/mol. The Bertz CT molecular complexity index is 554. The topological polar surface area (TPSA) is 87.1 Å². The van der Waals surface area contributed by atoms with Gasteiger partial charge in [-0.25, -0.2) is 4.79 Å². The first-order valence-electron chi connectivity index (χ1n) is 5.50. The van der Waals surface area contributed by atoms with E-state index < -0.39 is 11.2 Å². The second kappa shape index (κ2) is 4.99. The van der Waals surface area contributed by atoms with Crippen LogP contribution in [0.2, 0.25) is 0 Å². The molecule has 0 aliphatic heterocycles. The number of carbonyl (C=O) groups excluding carboxylic acids is 1. The third-order valence-electron chi connectivity index (χ3n) is 2.75. The lowest BCUT2D eigenvalue weighted by Gasteiger charge is -2.10. The number of rotatable bonds is 4. The highest BCUT2D eigenvalue weighted by Crippen LogP contribution is 2.08. The van der Waals surface area contributed by atoms with Crippen LogP contribution in [-0.2, 0) is 14.1 Å². The molecule has 0 spiro atoms. The fourth-order valence-corrected chi connectivity index (χ4v) is 1.58. The van der Waals surface area contributed by atoms with Gasteiger partial charge in [-0.2, -0.15) is 0 Å². The molecule has 2 N–H and O–H groups in total. The van der Waals surface area contributed by atoms with Crippen molar-refractivity contribution in [1.29, 1.82) is 0 Å². The minimum absolute atomic E-state index is 0.0563. The number of Topliss-reactive ketones (excluding diaryl/α,β-unsaturated/α-hetero) is 1. The maximum absolute atomic E-state index is 11.9. The van der Waals surface area contributed by atoms with Gasteiger partial charge >= 0.3 is 5.69 Å². The van der Waals surface area contributed by atoms with Gasteiger partial charge in [0.2, 0.25) is 0 Å². The summed E-state index contributed by atoms with van der Waals surface area (Å²) in [6.45, 7) is 1.95. The number of aromatic nitrogens is 2. The third-order valence-corrected chi connectivity index (χ3v) is 2.75. The molecule has 1 heterocycles. The standard InChI is InChI=1S/C11H17N3O3/c1-4-5-6-7(15)8-9(12)13(2)11(17)14(3)10(8)16/h4-6,12H2,1-3H3. The van der Waals surface area contributed by atoms with Crippen molar-refractivity contribution in [2.24, 2.45) is 14.1 Å². The summed E-state index contributed by atoms with van der Waals surface area (Å²) < 4.78 is 2.01. The summed E-state index contributed by atoms with van der Waals surface area (Å²) in [6.07, 6.45) is 1.83. The molecule has 0 aliphatic rings. The fraction of sp³-hybridized carbons (Fsp3) is 0.545. The van der Waals surface area contributed by atoms with Gasteiger partial charge in [-0.15, -0.1) is 0 Å². The summed E-state index contributed by atoms with van der Waals surface area (Å²) >= 11 is 0. The van der Waals surface area contributed by atoms with Crippen molar-refractivity contribution >= 4 is 11.6 Å². The molecule has 0 fully saturated rings. The van der Waals surface area contributed by atoms with Crippen LogP contribution in [0, 0.1) is 0 Å². The average Bonchev–Trinajstić information content (AvgIpc) is 2.31. The minimum Gasteiger partial charge on any atom is -0.384 e. The lowest BCUT2D eigenvalue weighted by molar-refractivity contribution is 0.0978. The molecule has 0 bridgehead atoms. The predicted molar refractivity (Wildman–Crippen MR) is 65.2 cm³/mol. The molecule has 1 rings (SSSR count). The van der Waals surface area contributed by atoms with Crippen LogP contribution >= 0.6 is 0 Å². The molecule has 6 nitrogen and oxygen atoms in total. The van der Waals surface area contributed by atoms with Crippen molar-refractivity contribution in [3.05, 3.63) is 26.4 Å². The van der Waals surface area contributed by atoms with E-state index in [1.807, 2.05) is 6.92 Å². The normalized spacial score (nSPS) is 10.5. The van der Waals surface area contributed by atoms with E-state index >= 15 is 0 Å². The van der Waals surface area contributed by atoms with E-state index in [1.165, 1.54) is 14.1 Å². The molecule has 0 atom stereocenters. The molecule has 0 aliphatic carbocycles. The Morgan fingerprint density at radius 2 is 1.82 bits per heavy atom. The number of nitrogens with zero attached hydrogens (tertiary/aromatic N) is 2. The quantitative estimate of drug-likeness (QED) is 0.751. The van der Waals surface area contributed by atoms with Crippen LogP contribution in [0.5, 0.6) is 0 Å². The zero-order valence-electron chi connectivity index (χ0n) is 10.3. The van der Waals surface area contributed by atoms with Crippen molar-refractivity contribution in [2.75, 3.05) is 5.73 Å². The number of unbranched alkanes of at least 4 members (excludes halogenated alkanes) is 1. The molecule has 0 radical (unpaired) electrons. The van der Waals surface area contributed by atoms with E-state index in [0.717, 1.165) is 15.6 Å². The lowest BCUT2D eigenvalue weighted by Crippen LogP contribution is -2.41. The summed E-state index contributed by atoms with van der Waals surface area (Å²) in [4.78, 5) is 35.2. The molecule has 17 heavy (non-hydrogen) atoms. The number of anilines is 1. The van der Waals surface area contributed by atoms with Gasteiger partial charge in [-0.3, -0.25) is 18.7 Å². The summed E-state index contributed by atoms with van der Waals surface area (Å²) in [5.41, 5.74) is 4.43. The lowest BCUT2D eigenvalue weighted by atomic mass is 10.1. The molecule has 0 amide bonds. The fourth-order valence-electron chi connectivity index (χ4n) is 1.58. The van der Waals surface area contributed by atoms with Crippen LogP contribution in [0.1, 0.15) is 36.5 Å². The van der Waals surface area contributed by atoms with E-state index in [4.69, 9.17) is 5.73 Å². The Labute approximate surface area is 98.7 Å². The number of hydrogen-bond acceptors (Lipinski definition) is 4. The van der Waals surface area contributed by atoms with Gasteiger partial charge in [-0.05, 0) is 6.42 Å². The monoisotopic (exact) mass is 239 g/mol. The van der Waals surface area contributed by atoms with Gasteiger partial charge in [0.25, 0.3) is 5.56 Å². The van der Waals surface area contributed by atoms with E-state index in [0.29, 0.717) is 6.42 Å². The summed E-state index contributed by atoms with van der Waals surface area (Å²) in [6, 6.07) is 0. The van der Waals surface area contributed by atoms with Gasteiger partial charge in [-0.1, -0.05) is 13.3 Å². The zero-order valence-corrected chi connectivity index (χ0v) is 10.3. The Hall–Kier alpha value is -1.85. The molecule has 1 aromatic heterocycles. The van der Waals surface area contributed by atoms with Gasteiger partial charge in [0.05, 0.1) is 0 Å². The van der Waals surface area contributed by atoms with Crippen LogP contribution in [0.3, 0.4) is 0 Å².